The van der Waals surface area contributed by atoms with Crippen LogP contribution in [0, 0.1) is 11.7 Å². The number of nitrogens with zero attached hydrogens (tertiary/aromatic N) is 2. The second-order valence-corrected chi connectivity index (χ2v) is 10.9. The Morgan fingerprint density at radius 3 is 2.63 bits per heavy atom. The number of rotatable bonds is 11. The lowest BCUT2D eigenvalue weighted by atomic mass is 9.85. The summed E-state index contributed by atoms with van der Waals surface area (Å²) in [6.07, 6.45) is 0.0113. The van der Waals surface area contributed by atoms with Crippen molar-refractivity contribution in [2.75, 3.05) is 49.6 Å². The fraction of sp³-hybridized carbons (Fsp3) is 0.480. The Kier molecular flexibility index (Phi) is 9.64. The van der Waals surface area contributed by atoms with Gasteiger partial charge in [-0.2, -0.15) is 0 Å². The summed E-state index contributed by atoms with van der Waals surface area (Å²) in [5, 5.41) is 5.11. The van der Waals surface area contributed by atoms with Crippen LogP contribution in [0.15, 0.2) is 30.3 Å². The van der Waals surface area contributed by atoms with E-state index in [2.05, 4.69) is 10.6 Å². The number of carbonyl (C=O) groups excluding carboxylic acids is 3. The highest BCUT2D eigenvalue weighted by Gasteiger charge is 2.33. The molecule has 1 saturated carbocycles. The van der Waals surface area contributed by atoms with Crippen LogP contribution < -0.4 is 15.5 Å². The molecule has 4 rings (SSSR count). The van der Waals surface area contributed by atoms with E-state index < -0.39 is 36.6 Å². The topological polar surface area (TPSA) is 91.0 Å². The molecule has 8 nitrogen and oxygen atoms in total. The molecule has 2 fully saturated rings. The average molecular weight is 573 g/mol. The standard InChI is InChI=1S/C25H28ClF3N4O4S/c26-21-7-6-20(38-21)25(36)30-11-19(32(13-22(28)29)12-15-2-1-3-15)24(35)31-18-5-4-16(10-17(18)27)33-8-9-37-14-23(33)34/h4-7,10,15,19,22H,1-3,8-9,11-14H2,(H,30,36)(H,31,35)/t19-/m0/s1. The second kappa shape index (κ2) is 12.9. The van der Waals surface area contributed by atoms with Gasteiger partial charge in [0.1, 0.15) is 18.5 Å². The molecule has 1 aromatic carbocycles. The highest BCUT2D eigenvalue weighted by atomic mass is 35.5. The second-order valence-electron chi connectivity index (χ2n) is 9.22. The molecule has 1 saturated heterocycles. The van der Waals surface area contributed by atoms with E-state index in [4.69, 9.17) is 16.3 Å². The maximum absolute atomic E-state index is 15.0. The summed E-state index contributed by atoms with van der Waals surface area (Å²) in [7, 11) is 0. The number of nitrogens with one attached hydrogen (secondary N) is 2. The highest BCUT2D eigenvalue weighted by Crippen LogP contribution is 2.29. The normalized spacial score (nSPS) is 17.0. The lowest BCUT2D eigenvalue weighted by molar-refractivity contribution is -0.125. The summed E-state index contributed by atoms with van der Waals surface area (Å²) in [5.41, 5.74) is 0.151. The molecular formula is C25H28ClF3N4O4S. The Hall–Kier alpha value is -2.67. The molecule has 2 heterocycles. The lowest BCUT2D eigenvalue weighted by Crippen LogP contribution is -2.53. The molecule has 1 atom stereocenters. The first-order valence-electron chi connectivity index (χ1n) is 12.3. The maximum atomic E-state index is 15.0. The summed E-state index contributed by atoms with van der Waals surface area (Å²) in [5.74, 6) is -2.16. The van der Waals surface area contributed by atoms with E-state index in [9.17, 15) is 27.6 Å². The molecule has 1 aliphatic heterocycles. The van der Waals surface area contributed by atoms with E-state index in [1.54, 1.807) is 6.07 Å². The molecule has 2 aromatic rings. The van der Waals surface area contributed by atoms with Crippen LogP contribution in [-0.2, 0) is 14.3 Å². The lowest BCUT2D eigenvalue weighted by Gasteiger charge is -2.36. The van der Waals surface area contributed by atoms with Gasteiger partial charge in [-0.3, -0.25) is 19.3 Å². The molecule has 2 N–H and O–H groups in total. The van der Waals surface area contributed by atoms with Crippen LogP contribution in [0.1, 0.15) is 28.9 Å². The first-order valence-corrected chi connectivity index (χ1v) is 13.4. The van der Waals surface area contributed by atoms with Gasteiger partial charge in [-0.25, -0.2) is 13.2 Å². The third-order valence-electron chi connectivity index (χ3n) is 6.59. The molecular weight excluding hydrogens is 545 g/mol. The maximum Gasteiger partial charge on any atom is 0.261 e. The predicted molar refractivity (Wildman–Crippen MR) is 139 cm³/mol. The summed E-state index contributed by atoms with van der Waals surface area (Å²) >= 11 is 6.95. The third-order valence-corrected chi connectivity index (χ3v) is 7.82. The van der Waals surface area contributed by atoms with Crippen molar-refractivity contribution in [3.05, 3.63) is 45.4 Å². The summed E-state index contributed by atoms with van der Waals surface area (Å²) < 4.78 is 47.5. The summed E-state index contributed by atoms with van der Waals surface area (Å²) in [4.78, 5) is 41.1. The molecule has 206 valence electrons. The minimum Gasteiger partial charge on any atom is -0.370 e. The zero-order chi connectivity index (χ0) is 27.2. The fourth-order valence-electron chi connectivity index (χ4n) is 4.39. The number of hydrogen-bond donors (Lipinski definition) is 2. The van der Waals surface area contributed by atoms with Crippen molar-refractivity contribution < 1.29 is 32.3 Å². The molecule has 2 aliphatic rings. The number of amides is 3. The number of ether oxygens (including phenoxy) is 1. The summed E-state index contributed by atoms with van der Waals surface area (Å²) in [6.45, 7) is -0.198. The Balaban J connectivity index is 1.51. The molecule has 1 aliphatic carbocycles. The van der Waals surface area contributed by atoms with E-state index in [0.29, 0.717) is 21.5 Å². The van der Waals surface area contributed by atoms with E-state index in [-0.39, 0.29) is 43.8 Å². The predicted octanol–water partition coefficient (Wildman–Crippen LogP) is 4.01. The van der Waals surface area contributed by atoms with Crippen LogP contribution >= 0.6 is 22.9 Å². The highest BCUT2D eigenvalue weighted by molar-refractivity contribution is 7.18. The molecule has 1 aromatic heterocycles. The quantitative estimate of drug-likeness (QED) is 0.425. The zero-order valence-corrected chi connectivity index (χ0v) is 22.0. The molecule has 3 amide bonds. The van der Waals surface area contributed by atoms with E-state index in [1.165, 1.54) is 28.0 Å². The number of carbonyl (C=O) groups is 3. The largest absolute Gasteiger partial charge is 0.370 e. The van der Waals surface area contributed by atoms with Gasteiger partial charge in [-0.1, -0.05) is 18.0 Å². The van der Waals surface area contributed by atoms with Gasteiger partial charge >= 0.3 is 0 Å². The van der Waals surface area contributed by atoms with E-state index >= 15 is 0 Å². The third kappa shape index (κ3) is 7.25. The SMILES string of the molecule is O=C(NC[C@@H](C(=O)Nc1ccc(N2CCOCC2=O)cc1F)N(CC(F)F)CC1CCC1)c1ccc(Cl)s1. The Morgan fingerprint density at radius 1 is 1.24 bits per heavy atom. The van der Waals surface area contributed by atoms with Gasteiger partial charge in [0.25, 0.3) is 18.2 Å². The Morgan fingerprint density at radius 2 is 2.03 bits per heavy atom. The van der Waals surface area contributed by atoms with Gasteiger partial charge in [-0.15, -0.1) is 11.3 Å². The average Bonchev–Trinajstić information content (AvgIpc) is 3.29. The van der Waals surface area contributed by atoms with Gasteiger partial charge < -0.3 is 20.3 Å². The van der Waals surface area contributed by atoms with Gasteiger partial charge in [0.15, 0.2) is 0 Å². The number of hydrogen-bond acceptors (Lipinski definition) is 6. The van der Waals surface area contributed by atoms with Gasteiger partial charge in [-0.05, 0) is 49.1 Å². The van der Waals surface area contributed by atoms with Crippen LogP contribution in [0.2, 0.25) is 4.34 Å². The molecule has 0 bridgehead atoms. The molecule has 38 heavy (non-hydrogen) atoms. The van der Waals surface area contributed by atoms with Crippen molar-refractivity contribution in [2.45, 2.75) is 31.7 Å². The van der Waals surface area contributed by atoms with Crippen molar-refractivity contribution in [1.29, 1.82) is 0 Å². The minimum atomic E-state index is -2.71. The Labute approximate surface area is 227 Å². The van der Waals surface area contributed by atoms with Gasteiger partial charge in [0.2, 0.25) is 5.91 Å². The number of alkyl halides is 2. The van der Waals surface area contributed by atoms with Crippen molar-refractivity contribution in [1.82, 2.24) is 10.2 Å². The molecule has 0 radical (unpaired) electrons. The van der Waals surface area contributed by atoms with Crippen LogP contribution in [0.5, 0.6) is 0 Å². The monoisotopic (exact) mass is 572 g/mol. The number of thiophene rings is 1. The number of benzene rings is 1. The van der Waals surface area contributed by atoms with E-state index in [1.807, 2.05) is 0 Å². The zero-order valence-electron chi connectivity index (χ0n) is 20.4. The molecule has 0 unspecified atom stereocenters. The minimum absolute atomic E-state index is 0.105. The van der Waals surface area contributed by atoms with Crippen LogP contribution in [0.4, 0.5) is 24.5 Å². The van der Waals surface area contributed by atoms with Crippen LogP contribution in [0.3, 0.4) is 0 Å². The van der Waals surface area contributed by atoms with Gasteiger partial charge in [0.05, 0.1) is 28.1 Å². The van der Waals surface area contributed by atoms with Crippen molar-refractivity contribution in [3.63, 3.8) is 0 Å². The first kappa shape index (κ1) is 28.3. The van der Waals surface area contributed by atoms with Gasteiger partial charge in [0, 0.05) is 25.3 Å². The number of halogens is 4. The van der Waals surface area contributed by atoms with Crippen LogP contribution in [-0.4, -0.2) is 74.5 Å². The van der Waals surface area contributed by atoms with Crippen molar-refractivity contribution in [3.8, 4) is 0 Å². The smallest absolute Gasteiger partial charge is 0.261 e. The molecule has 13 heteroatoms. The first-order chi connectivity index (χ1) is 18.2. The van der Waals surface area contributed by atoms with Crippen molar-refractivity contribution in [2.24, 2.45) is 5.92 Å². The number of morpholine rings is 1. The fourth-order valence-corrected chi connectivity index (χ4v) is 5.35. The van der Waals surface area contributed by atoms with E-state index in [0.717, 1.165) is 36.7 Å². The Bertz CT molecular complexity index is 1160. The number of anilines is 2. The van der Waals surface area contributed by atoms with Crippen molar-refractivity contribution >= 4 is 52.0 Å². The van der Waals surface area contributed by atoms with Crippen LogP contribution in [0.25, 0.3) is 0 Å². The summed E-state index contributed by atoms with van der Waals surface area (Å²) in [6, 6.07) is 5.84. The molecule has 0 spiro atoms.